The second-order valence-corrected chi connectivity index (χ2v) is 5.95. The SMILES string of the molecule is CC(C)(C)c1cc(NC(=O)CCn2ccccc2=O)n[nH]1. The topological polar surface area (TPSA) is 79.8 Å². The van der Waals surface area contributed by atoms with Crippen molar-refractivity contribution in [1.29, 1.82) is 0 Å². The minimum atomic E-state index is -0.169. The maximum absolute atomic E-state index is 11.9. The molecule has 6 nitrogen and oxygen atoms in total. The van der Waals surface area contributed by atoms with E-state index in [4.69, 9.17) is 0 Å². The molecule has 0 atom stereocenters. The number of rotatable bonds is 4. The van der Waals surface area contributed by atoms with Gasteiger partial charge in [-0.3, -0.25) is 14.7 Å². The summed E-state index contributed by atoms with van der Waals surface area (Å²) in [5.74, 6) is 0.336. The molecule has 21 heavy (non-hydrogen) atoms. The fraction of sp³-hybridized carbons (Fsp3) is 0.400. The normalized spacial score (nSPS) is 11.4. The minimum absolute atomic E-state index is 0.0483. The van der Waals surface area contributed by atoms with Crippen LogP contribution >= 0.6 is 0 Å². The minimum Gasteiger partial charge on any atom is -0.315 e. The number of nitrogens with one attached hydrogen (secondary N) is 2. The number of carbonyl (C=O) groups excluding carboxylic acids is 1. The first kappa shape index (κ1) is 15.0. The van der Waals surface area contributed by atoms with E-state index in [0.717, 1.165) is 5.69 Å². The fourth-order valence-electron chi connectivity index (χ4n) is 1.84. The number of amides is 1. The number of aromatic nitrogens is 3. The van der Waals surface area contributed by atoms with Crippen LogP contribution in [0.2, 0.25) is 0 Å². The van der Waals surface area contributed by atoms with Gasteiger partial charge in [0.05, 0.1) is 0 Å². The highest BCUT2D eigenvalue weighted by molar-refractivity contribution is 5.89. The molecule has 0 bridgehead atoms. The van der Waals surface area contributed by atoms with Crippen molar-refractivity contribution in [1.82, 2.24) is 14.8 Å². The molecule has 0 unspecified atom stereocenters. The molecule has 2 heterocycles. The lowest BCUT2D eigenvalue weighted by atomic mass is 9.92. The summed E-state index contributed by atoms with van der Waals surface area (Å²) in [5.41, 5.74) is 0.796. The summed E-state index contributed by atoms with van der Waals surface area (Å²) in [6.45, 7) is 6.54. The summed E-state index contributed by atoms with van der Waals surface area (Å²) >= 11 is 0. The Bertz CT molecular complexity index is 679. The molecule has 0 aliphatic rings. The van der Waals surface area contributed by atoms with Gasteiger partial charge in [0.25, 0.3) is 5.56 Å². The van der Waals surface area contributed by atoms with Crippen LogP contribution in [0.1, 0.15) is 32.9 Å². The number of anilines is 1. The molecule has 1 amide bonds. The number of H-pyrrole nitrogens is 1. The summed E-state index contributed by atoms with van der Waals surface area (Å²) in [4.78, 5) is 23.4. The third-order valence-corrected chi connectivity index (χ3v) is 3.13. The predicted octanol–water partition coefficient (Wildman–Crippen LogP) is 1.90. The summed E-state index contributed by atoms with van der Waals surface area (Å²) in [5, 5.41) is 9.71. The van der Waals surface area contributed by atoms with Crippen LogP contribution in [-0.2, 0) is 16.8 Å². The molecule has 0 fully saturated rings. The van der Waals surface area contributed by atoms with Crippen molar-refractivity contribution in [2.45, 2.75) is 39.2 Å². The van der Waals surface area contributed by atoms with E-state index in [1.807, 2.05) is 6.07 Å². The van der Waals surface area contributed by atoms with Crippen LogP contribution in [0.25, 0.3) is 0 Å². The van der Waals surface area contributed by atoms with Crippen LogP contribution in [0.5, 0.6) is 0 Å². The van der Waals surface area contributed by atoms with Crippen LogP contribution in [-0.4, -0.2) is 20.7 Å². The summed E-state index contributed by atoms with van der Waals surface area (Å²) in [6, 6.07) is 6.74. The number of nitrogens with zero attached hydrogens (tertiary/aromatic N) is 2. The number of hydrogen-bond acceptors (Lipinski definition) is 3. The number of pyridine rings is 1. The van der Waals surface area contributed by atoms with Crippen molar-refractivity contribution in [3.63, 3.8) is 0 Å². The largest absolute Gasteiger partial charge is 0.315 e. The van der Waals surface area contributed by atoms with Gasteiger partial charge in [-0.1, -0.05) is 26.8 Å². The van der Waals surface area contributed by atoms with Crippen LogP contribution in [0.4, 0.5) is 5.82 Å². The van der Waals surface area contributed by atoms with E-state index >= 15 is 0 Å². The van der Waals surface area contributed by atoms with Gasteiger partial charge in [-0.2, -0.15) is 5.10 Å². The summed E-state index contributed by atoms with van der Waals surface area (Å²) < 4.78 is 1.50. The molecule has 0 saturated carbocycles. The Kier molecular flexibility index (Phi) is 4.26. The van der Waals surface area contributed by atoms with Gasteiger partial charge in [-0.05, 0) is 6.07 Å². The Balaban J connectivity index is 1.92. The molecule has 6 heteroatoms. The smallest absolute Gasteiger partial charge is 0.250 e. The molecule has 0 aromatic carbocycles. The van der Waals surface area contributed by atoms with Gasteiger partial charge < -0.3 is 9.88 Å². The van der Waals surface area contributed by atoms with E-state index < -0.39 is 0 Å². The van der Waals surface area contributed by atoms with Crippen LogP contribution < -0.4 is 10.9 Å². The van der Waals surface area contributed by atoms with Crippen molar-refractivity contribution in [3.8, 4) is 0 Å². The first-order valence-corrected chi connectivity index (χ1v) is 6.87. The van der Waals surface area contributed by atoms with Crippen molar-refractivity contribution >= 4 is 11.7 Å². The van der Waals surface area contributed by atoms with E-state index in [0.29, 0.717) is 12.4 Å². The average molecular weight is 288 g/mol. The fourth-order valence-corrected chi connectivity index (χ4v) is 1.84. The standard InChI is InChI=1S/C15H20N4O2/c1-15(2,3)11-10-12(18-17-11)16-13(20)7-9-19-8-5-4-6-14(19)21/h4-6,8,10H,7,9H2,1-3H3,(H2,16,17,18,20). The maximum Gasteiger partial charge on any atom is 0.250 e. The van der Waals surface area contributed by atoms with Crippen LogP contribution in [0.15, 0.2) is 35.3 Å². The zero-order valence-electron chi connectivity index (χ0n) is 12.5. The van der Waals surface area contributed by atoms with Gasteiger partial charge in [-0.25, -0.2) is 0 Å². The van der Waals surface area contributed by atoms with Gasteiger partial charge in [0.1, 0.15) is 0 Å². The molecule has 2 rings (SSSR count). The molecular formula is C15H20N4O2. The Labute approximate surface area is 123 Å². The molecule has 0 aliphatic heterocycles. The number of aromatic amines is 1. The first-order valence-electron chi connectivity index (χ1n) is 6.87. The van der Waals surface area contributed by atoms with Gasteiger partial charge in [0.2, 0.25) is 5.91 Å². The second kappa shape index (κ2) is 5.95. The lowest BCUT2D eigenvalue weighted by Crippen LogP contribution is -2.21. The lowest BCUT2D eigenvalue weighted by molar-refractivity contribution is -0.116. The third kappa shape index (κ3) is 4.05. The Morgan fingerprint density at radius 3 is 2.76 bits per heavy atom. The van der Waals surface area contributed by atoms with Crippen LogP contribution in [0.3, 0.4) is 0 Å². The first-order chi connectivity index (χ1) is 9.86. The predicted molar refractivity (Wildman–Crippen MR) is 81.2 cm³/mol. The van der Waals surface area contributed by atoms with Gasteiger partial charge in [-0.15, -0.1) is 0 Å². The summed E-state index contributed by atoms with van der Waals surface area (Å²) in [6.07, 6.45) is 1.89. The van der Waals surface area contributed by atoms with Crippen molar-refractivity contribution in [3.05, 3.63) is 46.5 Å². The van der Waals surface area contributed by atoms with Gasteiger partial charge in [0.15, 0.2) is 5.82 Å². The zero-order valence-corrected chi connectivity index (χ0v) is 12.5. The number of carbonyl (C=O) groups is 1. The molecule has 2 N–H and O–H groups in total. The zero-order chi connectivity index (χ0) is 15.5. The highest BCUT2D eigenvalue weighted by Gasteiger charge is 2.17. The Hall–Kier alpha value is -2.37. The van der Waals surface area contributed by atoms with E-state index in [9.17, 15) is 9.59 Å². The molecule has 2 aromatic heterocycles. The second-order valence-electron chi connectivity index (χ2n) is 5.95. The molecule has 0 aliphatic carbocycles. The quantitative estimate of drug-likeness (QED) is 0.901. The Morgan fingerprint density at radius 1 is 1.38 bits per heavy atom. The number of aryl methyl sites for hydroxylation is 1. The summed E-state index contributed by atoms with van der Waals surface area (Å²) in [7, 11) is 0. The molecule has 0 saturated heterocycles. The monoisotopic (exact) mass is 288 g/mol. The van der Waals surface area contributed by atoms with Crippen molar-refractivity contribution in [2.75, 3.05) is 5.32 Å². The van der Waals surface area contributed by atoms with Crippen molar-refractivity contribution < 1.29 is 4.79 Å². The Morgan fingerprint density at radius 2 is 2.14 bits per heavy atom. The third-order valence-electron chi connectivity index (χ3n) is 3.13. The average Bonchev–Trinajstić information content (AvgIpc) is 2.86. The van der Waals surface area contributed by atoms with E-state index in [1.165, 1.54) is 10.6 Å². The molecular weight excluding hydrogens is 268 g/mol. The highest BCUT2D eigenvalue weighted by Crippen LogP contribution is 2.21. The van der Waals surface area contributed by atoms with E-state index in [2.05, 4.69) is 36.3 Å². The lowest BCUT2D eigenvalue weighted by Gasteiger charge is -2.14. The molecule has 2 aromatic rings. The maximum atomic E-state index is 11.9. The van der Waals surface area contributed by atoms with Crippen molar-refractivity contribution in [2.24, 2.45) is 0 Å². The van der Waals surface area contributed by atoms with Gasteiger partial charge in [0, 0.05) is 42.4 Å². The van der Waals surface area contributed by atoms with Crippen LogP contribution in [0, 0.1) is 0 Å². The van der Waals surface area contributed by atoms with Gasteiger partial charge >= 0.3 is 0 Å². The van der Waals surface area contributed by atoms with E-state index in [-0.39, 0.29) is 23.3 Å². The highest BCUT2D eigenvalue weighted by atomic mass is 16.2. The molecule has 0 spiro atoms. The van der Waals surface area contributed by atoms with E-state index in [1.54, 1.807) is 18.3 Å². The molecule has 0 radical (unpaired) electrons. The number of hydrogen-bond donors (Lipinski definition) is 2. The molecule has 112 valence electrons.